The Morgan fingerprint density at radius 1 is 1.31 bits per heavy atom. The average molecular weight is 189 g/mol. The minimum Gasteiger partial charge on any atom is -0.382 e. The molecule has 3 heteroatoms. The first kappa shape index (κ1) is 12.9. The van der Waals surface area contributed by atoms with Gasteiger partial charge in [0.2, 0.25) is 0 Å². The Balaban J connectivity index is 3.15. The number of hydrogen-bond donors (Lipinski definition) is 1. The van der Waals surface area contributed by atoms with Gasteiger partial charge in [0.25, 0.3) is 0 Å². The van der Waals surface area contributed by atoms with Crippen LogP contribution in [-0.4, -0.2) is 39.0 Å². The van der Waals surface area contributed by atoms with Crippen molar-refractivity contribution in [3.8, 4) is 0 Å². The van der Waals surface area contributed by atoms with Gasteiger partial charge in [-0.2, -0.15) is 0 Å². The van der Waals surface area contributed by atoms with Crippen molar-refractivity contribution < 1.29 is 9.47 Å². The van der Waals surface area contributed by atoms with Gasteiger partial charge in [-0.3, -0.25) is 0 Å². The van der Waals surface area contributed by atoms with Crippen LogP contribution in [0.3, 0.4) is 0 Å². The first-order chi connectivity index (χ1) is 6.20. The predicted octanol–water partition coefficient (Wildman–Crippen LogP) is 1.43. The molecule has 0 fully saturated rings. The van der Waals surface area contributed by atoms with Gasteiger partial charge in [0, 0.05) is 19.7 Å². The highest BCUT2D eigenvalue weighted by molar-refractivity contribution is 4.57. The number of ether oxygens (including phenoxy) is 2. The van der Waals surface area contributed by atoms with Crippen molar-refractivity contribution in [2.75, 3.05) is 26.9 Å². The van der Waals surface area contributed by atoms with E-state index in [1.54, 1.807) is 7.11 Å². The Kier molecular flexibility index (Phi) is 8.40. The molecule has 0 rings (SSSR count). The highest BCUT2D eigenvalue weighted by atomic mass is 16.5. The Morgan fingerprint density at radius 3 is 2.54 bits per heavy atom. The topological polar surface area (TPSA) is 30.5 Å². The number of nitrogens with one attached hydrogen (secondary N) is 1. The molecule has 1 N–H and O–H groups in total. The Hall–Kier alpha value is -0.120. The molecule has 0 aromatic carbocycles. The van der Waals surface area contributed by atoms with Crippen molar-refractivity contribution >= 4 is 0 Å². The molecule has 0 amide bonds. The minimum absolute atomic E-state index is 0.198. The smallest absolute Gasteiger partial charge is 0.0780 e. The maximum atomic E-state index is 5.49. The quantitative estimate of drug-likeness (QED) is 0.586. The standard InChI is InChI=1S/C10H23NO2/c1-5-9(2)11-6-7-13-10(3)8-12-4/h9-11H,5-8H2,1-4H3. The molecule has 0 saturated carbocycles. The van der Waals surface area contributed by atoms with Crippen LogP contribution in [0, 0.1) is 0 Å². The van der Waals surface area contributed by atoms with Crippen LogP contribution in [0.25, 0.3) is 0 Å². The molecule has 0 spiro atoms. The lowest BCUT2D eigenvalue weighted by atomic mass is 10.3. The van der Waals surface area contributed by atoms with E-state index in [2.05, 4.69) is 19.2 Å². The summed E-state index contributed by atoms with van der Waals surface area (Å²) in [5.74, 6) is 0. The van der Waals surface area contributed by atoms with Crippen LogP contribution in [-0.2, 0) is 9.47 Å². The molecule has 0 heterocycles. The molecule has 0 aliphatic carbocycles. The third-order valence-corrected chi connectivity index (χ3v) is 2.01. The minimum atomic E-state index is 0.198. The fourth-order valence-electron chi connectivity index (χ4n) is 0.993. The van der Waals surface area contributed by atoms with Gasteiger partial charge in [0.05, 0.1) is 19.3 Å². The summed E-state index contributed by atoms with van der Waals surface area (Å²) >= 11 is 0. The summed E-state index contributed by atoms with van der Waals surface area (Å²) in [4.78, 5) is 0. The molecule has 0 radical (unpaired) electrons. The Bertz CT molecular complexity index is 109. The van der Waals surface area contributed by atoms with E-state index in [0.29, 0.717) is 12.6 Å². The lowest BCUT2D eigenvalue weighted by Crippen LogP contribution is -2.30. The number of rotatable bonds is 8. The summed E-state index contributed by atoms with van der Waals surface area (Å²) in [6.45, 7) is 8.72. The average Bonchev–Trinajstić information content (AvgIpc) is 2.12. The van der Waals surface area contributed by atoms with Gasteiger partial charge < -0.3 is 14.8 Å². The number of methoxy groups -OCH3 is 1. The van der Waals surface area contributed by atoms with Gasteiger partial charge in [-0.15, -0.1) is 0 Å². The second-order valence-electron chi connectivity index (χ2n) is 3.40. The monoisotopic (exact) mass is 189 g/mol. The van der Waals surface area contributed by atoms with Gasteiger partial charge in [0.1, 0.15) is 0 Å². The SMILES string of the molecule is CCC(C)NCCOC(C)COC. The largest absolute Gasteiger partial charge is 0.382 e. The van der Waals surface area contributed by atoms with E-state index in [1.807, 2.05) is 6.92 Å². The van der Waals surface area contributed by atoms with E-state index in [4.69, 9.17) is 9.47 Å². The summed E-state index contributed by atoms with van der Waals surface area (Å²) in [6.07, 6.45) is 1.36. The second kappa shape index (κ2) is 8.48. The molecule has 0 aliphatic rings. The third kappa shape index (κ3) is 8.22. The van der Waals surface area contributed by atoms with Crippen molar-refractivity contribution in [3.63, 3.8) is 0 Å². The lowest BCUT2D eigenvalue weighted by molar-refractivity contribution is 0.0102. The summed E-state index contributed by atoms with van der Waals surface area (Å²) in [5.41, 5.74) is 0. The molecule has 13 heavy (non-hydrogen) atoms. The van der Waals surface area contributed by atoms with Crippen LogP contribution in [0.15, 0.2) is 0 Å². The maximum absolute atomic E-state index is 5.49. The highest BCUT2D eigenvalue weighted by Gasteiger charge is 2.01. The summed E-state index contributed by atoms with van der Waals surface area (Å²) in [5, 5.41) is 3.36. The first-order valence-electron chi connectivity index (χ1n) is 5.04. The van der Waals surface area contributed by atoms with Gasteiger partial charge in [-0.25, -0.2) is 0 Å². The van der Waals surface area contributed by atoms with Gasteiger partial charge in [-0.05, 0) is 20.3 Å². The summed E-state index contributed by atoms with van der Waals surface area (Å²) < 4.78 is 10.4. The third-order valence-electron chi connectivity index (χ3n) is 2.01. The van der Waals surface area contributed by atoms with Crippen LogP contribution in [0.5, 0.6) is 0 Å². The molecule has 3 nitrogen and oxygen atoms in total. The molecule has 0 aromatic heterocycles. The van der Waals surface area contributed by atoms with Crippen molar-refractivity contribution in [1.29, 1.82) is 0 Å². The van der Waals surface area contributed by atoms with Crippen LogP contribution < -0.4 is 5.32 Å². The zero-order chi connectivity index (χ0) is 10.1. The van der Waals surface area contributed by atoms with Crippen molar-refractivity contribution in [2.24, 2.45) is 0 Å². The summed E-state index contributed by atoms with van der Waals surface area (Å²) in [7, 11) is 1.69. The molecule has 80 valence electrons. The van der Waals surface area contributed by atoms with E-state index in [-0.39, 0.29) is 6.10 Å². The molecule has 0 bridgehead atoms. The van der Waals surface area contributed by atoms with Crippen molar-refractivity contribution in [2.45, 2.75) is 39.3 Å². The van der Waals surface area contributed by atoms with E-state index in [9.17, 15) is 0 Å². The zero-order valence-electron chi connectivity index (χ0n) is 9.30. The molecular formula is C10H23NO2. The predicted molar refractivity (Wildman–Crippen MR) is 55.0 cm³/mol. The maximum Gasteiger partial charge on any atom is 0.0780 e. The molecule has 0 aliphatic heterocycles. The normalized spacial score (nSPS) is 15.7. The zero-order valence-corrected chi connectivity index (χ0v) is 9.30. The Labute approximate surface area is 81.8 Å². The molecule has 0 saturated heterocycles. The number of hydrogen-bond acceptors (Lipinski definition) is 3. The van der Waals surface area contributed by atoms with Crippen LogP contribution in [0.2, 0.25) is 0 Å². The van der Waals surface area contributed by atoms with Gasteiger partial charge in [-0.1, -0.05) is 6.92 Å². The molecule has 0 aromatic rings. The van der Waals surface area contributed by atoms with Crippen LogP contribution >= 0.6 is 0 Å². The summed E-state index contributed by atoms with van der Waals surface area (Å²) in [6, 6.07) is 0.585. The van der Waals surface area contributed by atoms with E-state index >= 15 is 0 Å². The fraction of sp³-hybridized carbons (Fsp3) is 1.00. The van der Waals surface area contributed by atoms with Crippen molar-refractivity contribution in [1.82, 2.24) is 5.32 Å². The molecular weight excluding hydrogens is 166 g/mol. The first-order valence-corrected chi connectivity index (χ1v) is 5.04. The van der Waals surface area contributed by atoms with E-state index < -0.39 is 0 Å². The molecule has 2 atom stereocenters. The van der Waals surface area contributed by atoms with E-state index in [1.165, 1.54) is 0 Å². The van der Waals surface area contributed by atoms with Crippen molar-refractivity contribution in [3.05, 3.63) is 0 Å². The van der Waals surface area contributed by atoms with Crippen LogP contribution in [0.4, 0.5) is 0 Å². The lowest BCUT2D eigenvalue weighted by Gasteiger charge is -2.14. The fourth-order valence-corrected chi connectivity index (χ4v) is 0.993. The van der Waals surface area contributed by atoms with Gasteiger partial charge >= 0.3 is 0 Å². The highest BCUT2D eigenvalue weighted by Crippen LogP contribution is 1.91. The Morgan fingerprint density at radius 2 is 2.00 bits per heavy atom. The van der Waals surface area contributed by atoms with Crippen LogP contribution in [0.1, 0.15) is 27.2 Å². The van der Waals surface area contributed by atoms with E-state index in [0.717, 1.165) is 19.6 Å². The van der Waals surface area contributed by atoms with Gasteiger partial charge in [0.15, 0.2) is 0 Å². The second-order valence-corrected chi connectivity index (χ2v) is 3.40. The molecule has 2 unspecified atom stereocenters.